The molecule has 0 saturated heterocycles. The topological polar surface area (TPSA) is 77.9 Å². The molecule has 6 heteroatoms. The average Bonchev–Trinajstić information content (AvgIpc) is 2.86. The first-order chi connectivity index (χ1) is 9.24. The summed E-state index contributed by atoms with van der Waals surface area (Å²) in [6.45, 7) is 0.173. The lowest BCUT2D eigenvalue weighted by Crippen LogP contribution is -2.00. The van der Waals surface area contributed by atoms with Gasteiger partial charge in [0.1, 0.15) is 11.3 Å². The van der Waals surface area contributed by atoms with Gasteiger partial charge in [0.15, 0.2) is 17.2 Å². The minimum Gasteiger partial charge on any atom is -0.478 e. The molecule has 1 aliphatic rings. The van der Waals surface area contributed by atoms with Crippen molar-refractivity contribution < 1.29 is 24.1 Å². The van der Waals surface area contributed by atoms with Gasteiger partial charge in [-0.05, 0) is 18.2 Å². The molecule has 0 unspecified atom stereocenters. The lowest BCUT2D eigenvalue weighted by Gasteiger charge is -2.08. The predicted molar refractivity (Wildman–Crippen MR) is 63.8 cm³/mol. The first-order valence-electron chi connectivity index (χ1n) is 5.49. The summed E-state index contributed by atoms with van der Waals surface area (Å²) in [4.78, 5) is 14.9. The molecule has 1 aliphatic heterocycles. The van der Waals surface area contributed by atoms with Gasteiger partial charge in [0.2, 0.25) is 6.79 Å². The third-order valence-electron chi connectivity index (χ3n) is 2.59. The highest BCUT2D eigenvalue weighted by Gasteiger charge is 2.16. The van der Waals surface area contributed by atoms with E-state index < -0.39 is 5.97 Å². The highest BCUT2D eigenvalue weighted by molar-refractivity contribution is 5.90. The number of nitrogens with zero attached hydrogens (tertiary/aromatic N) is 1. The molecule has 96 valence electrons. The lowest BCUT2D eigenvalue weighted by molar-refractivity contribution is 0.0694. The molecule has 2 aromatic rings. The summed E-state index contributed by atoms with van der Waals surface area (Å²) in [7, 11) is 0. The average molecular weight is 259 g/mol. The molecule has 3 rings (SSSR count). The van der Waals surface area contributed by atoms with Crippen molar-refractivity contribution in [3.8, 4) is 23.0 Å². The lowest BCUT2D eigenvalue weighted by atomic mass is 10.2. The van der Waals surface area contributed by atoms with Crippen LogP contribution in [0.15, 0.2) is 36.7 Å². The van der Waals surface area contributed by atoms with Crippen LogP contribution >= 0.6 is 0 Å². The zero-order valence-electron chi connectivity index (χ0n) is 9.70. The Balaban J connectivity index is 1.91. The van der Waals surface area contributed by atoms with Crippen molar-refractivity contribution in [2.45, 2.75) is 0 Å². The molecule has 1 N–H and O–H groups in total. The molecular weight excluding hydrogens is 250 g/mol. The molecule has 1 aromatic heterocycles. The van der Waals surface area contributed by atoms with Gasteiger partial charge in [-0.15, -0.1) is 0 Å². The zero-order valence-corrected chi connectivity index (χ0v) is 9.70. The van der Waals surface area contributed by atoms with Crippen molar-refractivity contribution in [3.63, 3.8) is 0 Å². The monoisotopic (exact) mass is 259 g/mol. The molecule has 0 aliphatic carbocycles. The highest BCUT2D eigenvalue weighted by atomic mass is 16.7. The molecular formula is C13H9NO5. The molecule has 0 bridgehead atoms. The van der Waals surface area contributed by atoms with Crippen LogP contribution in [0.5, 0.6) is 23.0 Å². The van der Waals surface area contributed by atoms with Gasteiger partial charge < -0.3 is 19.3 Å². The third-order valence-corrected chi connectivity index (χ3v) is 2.59. The Labute approximate surface area is 108 Å². The van der Waals surface area contributed by atoms with E-state index in [1.54, 1.807) is 18.2 Å². The molecule has 19 heavy (non-hydrogen) atoms. The maximum absolute atomic E-state index is 11.0. The van der Waals surface area contributed by atoms with Gasteiger partial charge in [-0.2, -0.15) is 0 Å². The van der Waals surface area contributed by atoms with E-state index in [9.17, 15) is 4.79 Å². The summed E-state index contributed by atoms with van der Waals surface area (Å²) >= 11 is 0. The number of carbonyl (C=O) groups is 1. The number of carboxylic acids is 1. The van der Waals surface area contributed by atoms with Crippen LogP contribution in [-0.2, 0) is 0 Å². The van der Waals surface area contributed by atoms with Gasteiger partial charge in [0, 0.05) is 12.3 Å². The van der Waals surface area contributed by atoms with Gasteiger partial charge in [-0.3, -0.25) is 4.98 Å². The van der Waals surface area contributed by atoms with Gasteiger partial charge in [0.05, 0.1) is 6.20 Å². The van der Waals surface area contributed by atoms with Crippen LogP contribution in [0.3, 0.4) is 0 Å². The van der Waals surface area contributed by atoms with Crippen molar-refractivity contribution in [2.75, 3.05) is 6.79 Å². The molecule has 0 amide bonds. The van der Waals surface area contributed by atoms with E-state index in [4.69, 9.17) is 19.3 Å². The van der Waals surface area contributed by atoms with Crippen LogP contribution in [0.25, 0.3) is 0 Å². The van der Waals surface area contributed by atoms with E-state index in [0.29, 0.717) is 17.2 Å². The van der Waals surface area contributed by atoms with Gasteiger partial charge in [-0.25, -0.2) is 4.79 Å². The number of fused-ring (bicyclic) bond motifs is 1. The molecule has 0 fully saturated rings. The summed E-state index contributed by atoms with van der Waals surface area (Å²) in [6.07, 6.45) is 2.75. The number of benzene rings is 1. The Kier molecular flexibility index (Phi) is 2.68. The Bertz CT molecular complexity index is 641. The molecule has 0 atom stereocenters. The number of hydrogen-bond acceptors (Lipinski definition) is 5. The molecule has 1 aromatic carbocycles. The van der Waals surface area contributed by atoms with Crippen molar-refractivity contribution in [2.24, 2.45) is 0 Å². The second-order valence-electron chi connectivity index (χ2n) is 3.79. The smallest absolute Gasteiger partial charge is 0.339 e. The van der Waals surface area contributed by atoms with Gasteiger partial charge in [-0.1, -0.05) is 0 Å². The number of ether oxygens (including phenoxy) is 3. The minimum absolute atomic E-state index is 0.0488. The summed E-state index contributed by atoms with van der Waals surface area (Å²) in [6, 6.07) is 6.40. The van der Waals surface area contributed by atoms with E-state index in [0.717, 1.165) is 0 Å². The van der Waals surface area contributed by atoms with Crippen molar-refractivity contribution in [3.05, 3.63) is 42.2 Å². The van der Waals surface area contributed by atoms with Crippen LogP contribution in [0, 0.1) is 0 Å². The Hall–Kier alpha value is -2.76. The Morgan fingerprint density at radius 1 is 1.26 bits per heavy atom. The molecule has 0 spiro atoms. The summed E-state index contributed by atoms with van der Waals surface area (Å²) in [5, 5.41) is 9.05. The number of hydrogen-bond donors (Lipinski definition) is 1. The van der Waals surface area contributed by atoms with Crippen LogP contribution in [0.4, 0.5) is 0 Å². The minimum atomic E-state index is -1.07. The van der Waals surface area contributed by atoms with E-state index in [1.807, 2.05) is 0 Å². The van der Waals surface area contributed by atoms with E-state index >= 15 is 0 Å². The van der Waals surface area contributed by atoms with Crippen LogP contribution in [0.1, 0.15) is 10.4 Å². The Morgan fingerprint density at radius 3 is 2.95 bits per heavy atom. The van der Waals surface area contributed by atoms with Crippen molar-refractivity contribution in [1.82, 2.24) is 4.98 Å². The fraction of sp³-hybridized carbons (Fsp3) is 0.0769. The number of carboxylic acid groups (broad SMARTS) is 1. The zero-order chi connectivity index (χ0) is 13.2. The number of rotatable bonds is 3. The third kappa shape index (κ3) is 2.15. The number of aromatic carboxylic acids is 1. The molecule has 2 heterocycles. The van der Waals surface area contributed by atoms with Crippen molar-refractivity contribution >= 4 is 5.97 Å². The first kappa shape index (κ1) is 11.3. The van der Waals surface area contributed by atoms with E-state index in [2.05, 4.69) is 4.98 Å². The maximum Gasteiger partial charge on any atom is 0.339 e. The standard InChI is InChI=1S/C13H9NO5/c15-13(16)9-3-4-14-6-12(9)19-8-1-2-10-11(5-8)18-7-17-10/h1-6H,7H2,(H,15,16). The largest absolute Gasteiger partial charge is 0.478 e. The fourth-order valence-electron chi connectivity index (χ4n) is 1.71. The summed E-state index contributed by atoms with van der Waals surface area (Å²) in [5.74, 6) is 0.766. The number of aromatic nitrogens is 1. The van der Waals surface area contributed by atoms with Gasteiger partial charge >= 0.3 is 5.97 Å². The maximum atomic E-state index is 11.0. The molecule has 0 radical (unpaired) electrons. The van der Waals surface area contributed by atoms with E-state index in [1.165, 1.54) is 18.5 Å². The SMILES string of the molecule is O=C(O)c1ccncc1Oc1ccc2c(c1)OCO2. The fourth-order valence-corrected chi connectivity index (χ4v) is 1.71. The normalized spacial score (nSPS) is 12.2. The quantitative estimate of drug-likeness (QED) is 0.911. The summed E-state index contributed by atoms with van der Waals surface area (Å²) in [5.41, 5.74) is 0.0488. The van der Waals surface area contributed by atoms with Crippen LogP contribution < -0.4 is 14.2 Å². The second kappa shape index (κ2) is 4.49. The second-order valence-corrected chi connectivity index (χ2v) is 3.79. The first-order valence-corrected chi connectivity index (χ1v) is 5.49. The highest BCUT2D eigenvalue weighted by Crippen LogP contribution is 2.36. The van der Waals surface area contributed by atoms with Crippen LogP contribution in [-0.4, -0.2) is 22.9 Å². The molecule has 6 nitrogen and oxygen atoms in total. The van der Waals surface area contributed by atoms with E-state index in [-0.39, 0.29) is 18.1 Å². The summed E-state index contributed by atoms with van der Waals surface area (Å²) < 4.78 is 15.9. The predicted octanol–water partition coefficient (Wildman–Crippen LogP) is 2.30. The number of pyridine rings is 1. The van der Waals surface area contributed by atoms with Crippen LogP contribution in [0.2, 0.25) is 0 Å². The van der Waals surface area contributed by atoms with Crippen molar-refractivity contribution in [1.29, 1.82) is 0 Å². The van der Waals surface area contributed by atoms with Gasteiger partial charge in [0.25, 0.3) is 0 Å². The Morgan fingerprint density at radius 2 is 2.11 bits per heavy atom. The molecule has 0 saturated carbocycles.